The van der Waals surface area contributed by atoms with Gasteiger partial charge in [-0.1, -0.05) is 6.07 Å². The summed E-state index contributed by atoms with van der Waals surface area (Å²) in [5.74, 6) is -0.191. The monoisotopic (exact) mass is 267 g/mol. The Hall–Kier alpha value is -2.15. The molecule has 7 nitrogen and oxygen atoms in total. The van der Waals surface area contributed by atoms with Crippen LogP contribution in [0.1, 0.15) is 6.92 Å². The first kappa shape index (κ1) is 14.9. The lowest BCUT2D eigenvalue weighted by atomic mass is 10.2. The summed E-state index contributed by atoms with van der Waals surface area (Å²) in [4.78, 5) is 21.8. The largest absolute Gasteiger partial charge is 0.383 e. The van der Waals surface area contributed by atoms with Gasteiger partial charge in [0.05, 0.1) is 11.5 Å². The van der Waals surface area contributed by atoms with Crippen LogP contribution in [-0.4, -0.2) is 37.1 Å². The molecule has 0 bridgehead atoms. The second-order valence-corrected chi connectivity index (χ2v) is 3.96. The number of carbonyl (C=O) groups is 1. The summed E-state index contributed by atoms with van der Waals surface area (Å²) in [6.45, 7) is 2.55. The molecule has 104 valence electrons. The molecule has 0 heterocycles. The molecular formula is C12H17N3O4. The zero-order chi connectivity index (χ0) is 14.3. The van der Waals surface area contributed by atoms with Gasteiger partial charge >= 0.3 is 0 Å². The Kier molecular flexibility index (Phi) is 5.74. The molecule has 0 fully saturated rings. The molecule has 1 aromatic rings. The molecule has 1 rings (SSSR count). The molecule has 0 spiro atoms. The lowest BCUT2D eigenvalue weighted by Gasteiger charge is -2.14. The van der Waals surface area contributed by atoms with E-state index in [0.717, 1.165) is 0 Å². The zero-order valence-corrected chi connectivity index (χ0v) is 10.9. The highest BCUT2D eigenvalue weighted by molar-refractivity contribution is 5.84. The van der Waals surface area contributed by atoms with E-state index in [4.69, 9.17) is 4.74 Å². The van der Waals surface area contributed by atoms with E-state index in [9.17, 15) is 14.9 Å². The first-order valence-electron chi connectivity index (χ1n) is 5.82. The smallest absolute Gasteiger partial charge is 0.271 e. The van der Waals surface area contributed by atoms with Crippen LogP contribution in [0, 0.1) is 10.1 Å². The first-order valence-corrected chi connectivity index (χ1v) is 5.82. The molecule has 2 N–H and O–H groups in total. The van der Waals surface area contributed by atoms with Crippen molar-refractivity contribution in [1.29, 1.82) is 0 Å². The van der Waals surface area contributed by atoms with Gasteiger partial charge in [-0.05, 0) is 13.0 Å². The fraction of sp³-hybridized carbons (Fsp3) is 0.417. The number of ether oxygens (including phenoxy) is 1. The number of anilines is 1. The number of hydrogen-bond donors (Lipinski definition) is 2. The highest BCUT2D eigenvalue weighted by Crippen LogP contribution is 2.17. The maximum atomic E-state index is 11.7. The van der Waals surface area contributed by atoms with Crippen LogP contribution in [-0.2, 0) is 9.53 Å². The van der Waals surface area contributed by atoms with Gasteiger partial charge in [-0.3, -0.25) is 14.9 Å². The molecule has 1 amide bonds. The number of nitrogens with one attached hydrogen (secondary N) is 2. The van der Waals surface area contributed by atoms with Gasteiger partial charge in [0.15, 0.2) is 0 Å². The predicted octanol–water partition coefficient (Wildman–Crippen LogP) is 1.16. The Morgan fingerprint density at radius 3 is 2.89 bits per heavy atom. The number of carbonyl (C=O) groups excluding carboxylic acids is 1. The number of non-ortho nitro benzene ring substituents is 1. The lowest BCUT2D eigenvalue weighted by molar-refractivity contribution is -0.384. The van der Waals surface area contributed by atoms with Gasteiger partial charge in [-0.25, -0.2) is 0 Å². The Labute approximate surface area is 111 Å². The highest BCUT2D eigenvalue weighted by Gasteiger charge is 2.13. The summed E-state index contributed by atoms with van der Waals surface area (Å²) in [6, 6.07) is 5.54. The van der Waals surface area contributed by atoms with Crippen LogP contribution >= 0.6 is 0 Å². The van der Waals surface area contributed by atoms with Crippen LogP contribution < -0.4 is 10.6 Å². The van der Waals surface area contributed by atoms with Gasteiger partial charge in [-0.15, -0.1) is 0 Å². The lowest BCUT2D eigenvalue weighted by Crippen LogP contribution is -2.39. The van der Waals surface area contributed by atoms with E-state index < -0.39 is 11.0 Å². The van der Waals surface area contributed by atoms with E-state index in [-0.39, 0.29) is 11.6 Å². The maximum Gasteiger partial charge on any atom is 0.271 e. The number of rotatable bonds is 7. The normalized spacial score (nSPS) is 11.7. The average molecular weight is 267 g/mol. The molecule has 0 aromatic heterocycles. The first-order chi connectivity index (χ1) is 9.04. The Morgan fingerprint density at radius 2 is 2.26 bits per heavy atom. The minimum Gasteiger partial charge on any atom is -0.383 e. The third-order valence-corrected chi connectivity index (χ3v) is 2.44. The molecule has 0 radical (unpaired) electrons. The summed E-state index contributed by atoms with van der Waals surface area (Å²) in [6.07, 6.45) is 0. The van der Waals surface area contributed by atoms with Gasteiger partial charge in [0.25, 0.3) is 5.69 Å². The quantitative estimate of drug-likeness (QED) is 0.439. The Bertz CT molecular complexity index is 450. The number of hydrogen-bond acceptors (Lipinski definition) is 5. The van der Waals surface area contributed by atoms with Gasteiger partial charge in [0, 0.05) is 31.5 Å². The number of amides is 1. The van der Waals surface area contributed by atoms with Crippen molar-refractivity contribution in [1.82, 2.24) is 5.32 Å². The minimum atomic E-state index is -0.487. The number of nitro groups is 1. The Balaban J connectivity index is 2.56. The van der Waals surface area contributed by atoms with E-state index in [2.05, 4.69) is 10.6 Å². The van der Waals surface area contributed by atoms with Crippen molar-refractivity contribution in [3.63, 3.8) is 0 Å². The van der Waals surface area contributed by atoms with Crippen LogP contribution in [0.15, 0.2) is 24.3 Å². The summed E-state index contributed by atoms with van der Waals surface area (Å²) >= 11 is 0. The molecule has 1 atom stereocenters. The van der Waals surface area contributed by atoms with Gasteiger partial charge in [0.2, 0.25) is 5.91 Å². The van der Waals surface area contributed by atoms with E-state index in [1.54, 1.807) is 26.2 Å². The molecular weight excluding hydrogens is 250 g/mol. The molecule has 0 unspecified atom stereocenters. The molecule has 19 heavy (non-hydrogen) atoms. The third-order valence-electron chi connectivity index (χ3n) is 2.44. The maximum absolute atomic E-state index is 11.7. The topological polar surface area (TPSA) is 93.5 Å². The molecule has 7 heteroatoms. The van der Waals surface area contributed by atoms with E-state index in [0.29, 0.717) is 18.8 Å². The second-order valence-electron chi connectivity index (χ2n) is 3.96. The summed E-state index contributed by atoms with van der Waals surface area (Å²) in [5, 5.41) is 16.2. The number of nitrogens with zero attached hydrogens (tertiary/aromatic N) is 1. The van der Waals surface area contributed by atoms with Crippen LogP contribution in [0.2, 0.25) is 0 Å². The number of benzene rings is 1. The summed E-state index contributed by atoms with van der Waals surface area (Å²) in [5.41, 5.74) is 0.514. The van der Waals surface area contributed by atoms with Crippen molar-refractivity contribution in [2.75, 3.05) is 25.6 Å². The van der Waals surface area contributed by atoms with Crippen molar-refractivity contribution in [2.45, 2.75) is 13.0 Å². The van der Waals surface area contributed by atoms with Gasteiger partial charge in [-0.2, -0.15) is 0 Å². The van der Waals surface area contributed by atoms with Gasteiger partial charge in [0.1, 0.15) is 6.04 Å². The van der Waals surface area contributed by atoms with E-state index in [1.165, 1.54) is 12.1 Å². The second kappa shape index (κ2) is 7.32. The molecule has 0 aliphatic rings. The van der Waals surface area contributed by atoms with E-state index in [1.807, 2.05) is 0 Å². The molecule has 1 aromatic carbocycles. The van der Waals surface area contributed by atoms with Crippen LogP contribution in [0.25, 0.3) is 0 Å². The minimum absolute atomic E-state index is 0.0167. The van der Waals surface area contributed by atoms with Crippen molar-refractivity contribution < 1.29 is 14.5 Å². The van der Waals surface area contributed by atoms with Crippen LogP contribution in [0.5, 0.6) is 0 Å². The predicted molar refractivity (Wildman–Crippen MR) is 71.1 cm³/mol. The van der Waals surface area contributed by atoms with Gasteiger partial charge < -0.3 is 15.4 Å². The van der Waals surface area contributed by atoms with Crippen molar-refractivity contribution in [3.05, 3.63) is 34.4 Å². The molecule has 0 saturated heterocycles. The van der Waals surface area contributed by atoms with Crippen LogP contribution in [0.3, 0.4) is 0 Å². The van der Waals surface area contributed by atoms with Crippen molar-refractivity contribution in [2.24, 2.45) is 0 Å². The summed E-state index contributed by atoms with van der Waals surface area (Å²) < 4.78 is 4.82. The molecule has 0 saturated carbocycles. The highest BCUT2D eigenvalue weighted by atomic mass is 16.6. The molecule has 0 aliphatic carbocycles. The zero-order valence-electron chi connectivity index (χ0n) is 10.9. The fourth-order valence-corrected chi connectivity index (χ4v) is 1.45. The van der Waals surface area contributed by atoms with Crippen molar-refractivity contribution in [3.8, 4) is 0 Å². The van der Waals surface area contributed by atoms with Crippen LogP contribution in [0.4, 0.5) is 11.4 Å². The average Bonchev–Trinajstić information content (AvgIpc) is 2.39. The number of nitro benzene ring substituents is 1. The fourth-order valence-electron chi connectivity index (χ4n) is 1.45. The number of methoxy groups -OCH3 is 1. The third kappa shape index (κ3) is 4.92. The van der Waals surface area contributed by atoms with Crippen molar-refractivity contribution >= 4 is 17.3 Å². The summed E-state index contributed by atoms with van der Waals surface area (Å²) in [7, 11) is 1.55. The standard InChI is InChI=1S/C12H17N3O4/c1-9(12(16)13-6-7-19-2)14-10-4-3-5-11(8-10)15(17)18/h3-5,8-9,14H,6-7H2,1-2H3,(H,13,16)/t9-/m0/s1. The SMILES string of the molecule is COCCNC(=O)[C@H](C)Nc1cccc([N+](=O)[O-])c1. The molecule has 0 aliphatic heterocycles. The van der Waals surface area contributed by atoms with E-state index >= 15 is 0 Å². The Morgan fingerprint density at radius 1 is 1.53 bits per heavy atom.